The standard InChI is InChI=1S/C19H25NO2/c1-3-22-14-18(21)13-20-19(16-7-5-4-6-8-16)17-11-9-15(2)10-12-17/h4-12,18-21H,3,13-14H2,1-2H3. The first-order valence-electron chi connectivity index (χ1n) is 7.81. The molecule has 0 aliphatic carbocycles. The van der Waals surface area contributed by atoms with Crippen molar-refractivity contribution in [3.05, 3.63) is 71.3 Å². The van der Waals surface area contributed by atoms with Gasteiger partial charge in [0.1, 0.15) is 0 Å². The molecular weight excluding hydrogens is 274 g/mol. The van der Waals surface area contributed by atoms with Gasteiger partial charge < -0.3 is 15.2 Å². The zero-order valence-electron chi connectivity index (χ0n) is 13.3. The molecule has 2 aromatic carbocycles. The monoisotopic (exact) mass is 299 g/mol. The van der Waals surface area contributed by atoms with Crippen LogP contribution in [0.2, 0.25) is 0 Å². The minimum atomic E-state index is -0.503. The molecule has 0 saturated heterocycles. The Balaban J connectivity index is 2.10. The van der Waals surface area contributed by atoms with Crippen molar-refractivity contribution >= 4 is 0 Å². The summed E-state index contributed by atoms with van der Waals surface area (Å²) < 4.78 is 5.26. The van der Waals surface area contributed by atoms with Crippen molar-refractivity contribution in [2.24, 2.45) is 0 Å². The van der Waals surface area contributed by atoms with Gasteiger partial charge in [-0.25, -0.2) is 0 Å². The van der Waals surface area contributed by atoms with Gasteiger partial charge in [-0.3, -0.25) is 0 Å². The molecule has 22 heavy (non-hydrogen) atoms. The molecule has 0 spiro atoms. The van der Waals surface area contributed by atoms with E-state index >= 15 is 0 Å². The zero-order valence-corrected chi connectivity index (χ0v) is 13.3. The summed E-state index contributed by atoms with van der Waals surface area (Å²) in [6, 6.07) is 18.9. The van der Waals surface area contributed by atoms with Gasteiger partial charge in [-0.15, -0.1) is 0 Å². The van der Waals surface area contributed by atoms with E-state index in [9.17, 15) is 5.11 Å². The van der Waals surface area contributed by atoms with Crippen LogP contribution in [0.15, 0.2) is 54.6 Å². The molecule has 0 amide bonds. The third-order valence-corrected chi connectivity index (χ3v) is 3.62. The van der Waals surface area contributed by atoms with Gasteiger partial charge in [0.25, 0.3) is 0 Å². The lowest BCUT2D eigenvalue weighted by atomic mass is 9.97. The van der Waals surface area contributed by atoms with Crippen LogP contribution in [0.1, 0.15) is 29.7 Å². The summed E-state index contributed by atoms with van der Waals surface area (Å²) >= 11 is 0. The fraction of sp³-hybridized carbons (Fsp3) is 0.368. The second-order valence-electron chi connectivity index (χ2n) is 5.48. The number of aryl methyl sites for hydroxylation is 1. The summed E-state index contributed by atoms with van der Waals surface area (Å²) in [5.74, 6) is 0. The quantitative estimate of drug-likeness (QED) is 0.787. The summed E-state index contributed by atoms with van der Waals surface area (Å²) in [7, 11) is 0. The average molecular weight is 299 g/mol. The smallest absolute Gasteiger partial charge is 0.0897 e. The minimum absolute atomic E-state index is 0.0677. The molecule has 2 N–H and O–H groups in total. The van der Waals surface area contributed by atoms with Crippen LogP contribution in [-0.2, 0) is 4.74 Å². The molecule has 0 fully saturated rings. The number of hydrogen-bond acceptors (Lipinski definition) is 3. The molecule has 0 saturated carbocycles. The zero-order chi connectivity index (χ0) is 15.8. The third kappa shape index (κ3) is 4.95. The Labute approximate surface area is 133 Å². The Morgan fingerprint density at radius 2 is 1.64 bits per heavy atom. The fourth-order valence-electron chi connectivity index (χ4n) is 2.40. The molecule has 2 rings (SSSR count). The average Bonchev–Trinajstić information content (AvgIpc) is 2.55. The van der Waals surface area contributed by atoms with Gasteiger partial charge in [0, 0.05) is 13.2 Å². The normalized spacial score (nSPS) is 13.8. The maximum atomic E-state index is 9.98. The first-order chi connectivity index (χ1) is 10.7. The van der Waals surface area contributed by atoms with Gasteiger partial charge in [0.15, 0.2) is 0 Å². The first-order valence-corrected chi connectivity index (χ1v) is 7.81. The molecule has 0 radical (unpaired) electrons. The summed E-state index contributed by atoms with van der Waals surface area (Å²) in [6.07, 6.45) is -0.503. The van der Waals surface area contributed by atoms with Crippen molar-refractivity contribution in [2.45, 2.75) is 26.0 Å². The number of aliphatic hydroxyl groups excluding tert-OH is 1. The molecule has 2 unspecified atom stereocenters. The first kappa shape index (κ1) is 16.7. The van der Waals surface area contributed by atoms with E-state index in [1.54, 1.807) is 0 Å². The van der Waals surface area contributed by atoms with E-state index in [2.05, 4.69) is 48.6 Å². The van der Waals surface area contributed by atoms with E-state index in [-0.39, 0.29) is 6.04 Å². The Morgan fingerprint density at radius 1 is 1.00 bits per heavy atom. The van der Waals surface area contributed by atoms with E-state index in [1.807, 2.05) is 25.1 Å². The van der Waals surface area contributed by atoms with Gasteiger partial charge >= 0.3 is 0 Å². The predicted molar refractivity (Wildman–Crippen MR) is 90.0 cm³/mol. The molecule has 0 aliphatic rings. The number of hydrogen-bond donors (Lipinski definition) is 2. The van der Waals surface area contributed by atoms with Crippen LogP contribution in [0, 0.1) is 6.92 Å². The van der Waals surface area contributed by atoms with Crippen molar-refractivity contribution in [3.63, 3.8) is 0 Å². The SMILES string of the molecule is CCOCC(O)CNC(c1ccccc1)c1ccc(C)cc1. The van der Waals surface area contributed by atoms with Crippen molar-refractivity contribution in [3.8, 4) is 0 Å². The minimum Gasteiger partial charge on any atom is -0.389 e. The van der Waals surface area contributed by atoms with Crippen LogP contribution < -0.4 is 5.32 Å². The Kier molecular flexibility index (Phi) is 6.59. The van der Waals surface area contributed by atoms with E-state index in [4.69, 9.17) is 4.74 Å². The van der Waals surface area contributed by atoms with Crippen LogP contribution in [0.25, 0.3) is 0 Å². The highest BCUT2D eigenvalue weighted by Crippen LogP contribution is 2.22. The summed E-state index contributed by atoms with van der Waals surface area (Å²) in [5.41, 5.74) is 3.63. The number of benzene rings is 2. The summed E-state index contributed by atoms with van der Waals surface area (Å²) in [4.78, 5) is 0. The Bertz CT molecular complexity index is 539. The van der Waals surface area contributed by atoms with Crippen molar-refractivity contribution in [1.82, 2.24) is 5.32 Å². The third-order valence-electron chi connectivity index (χ3n) is 3.62. The molecule has 118 valence electrons. The van der Waals surface area contributed by atoms with Gasteiger partial charge in [-0.05, 0) is 25.0 Å². The van der Waals surface area contributed by atoms with Crippen LogP contribution in [0.5, 0.6) is 0 Å². The van der Waals surface area contributed by atoms with Crippen molar-refractivity contribution in [2.75, 3.05) is 19.8 Å². The molecule has 0 aromatic heterocycles. The van der Waals surface area contributed by atoms with Crippen molar-refractivity contribution < 1.29 is 9.84 Å². The number of rotatable bonds is 8. The lowest BCUT2D eigenvalue weighted by Crippen LogP contribution is -2.33. The fourth-order valence-corrected chi connectivity index (χ4v) is 2.40. The molecule has 3 nitrogen and oxygen atoms in total. The Morgan fingerprint density at radius 3 is 2.27 bits per heavy atom. The second kappa shape index (κ2) is 8.69. The van der Waals surface area contributed by atoms with E-state index in [1.165, 1.54) is 16.7 Å². The Hall–Kier alpha value is -1.68. The molecule has 2 aromatic rings. The predicted octanol–water partition coefficient (Wildman–Crippen LogP) is 3.07. The molecule has 0 aliphatic heterocycles. The van der Waals surface area contributed by atoms with Gasteiger partial charge in [0.05, 0.1) is 18.8 Å². The lowest BCUT2D eigenvalue weighted by molar-refractivity contribution is 0.0419. The van der Waals surface area contributed by atoms with E-state index in [0.717, 1.165) is 0 Å². The van der Waals surface area contributed by atoms with Crippen LogP contribution in [-0.4, -0.2) is 31.0 Å². The molecule has 2 atom stereocenters. The van der Waals surface area contributed by atoms with Gasteiger partial charge in [-0.2, -0.15) is 0 Å². The number of aliphatic hydroxyl groups is 1. The summed E-state index contributed by atoms with van der Waals surface area (Å²) in [5, 5.41) is 13.4. The topological polar surface area (TPSA) is 41.5 Å². The van der Waals surface area contributed by atoms with Gasteiger partial charge in [0.2, 0.25) is 0 Å². The number of ether oxygens (including phenoxy) is 1. The molecular formula is C19H25NO2. The summed E-state index contributed by atoms with van der Waals surface area (Å²) in [6.45, 7) is 5.49. The van der Waals surface area contributed by atoms with E-state index < -0.39 is 6.10 Å². The van der Waals surface area contributed by atoms with Crippen LogP contribution >= 0.6 is 0 Å². The molecule has 3 heteroatoms. The maximum Gasteiger partial charge on any atom is 0.0897 e. The van der Waals surface area contributed by atoms with Crippen molar-refractivity contribution in [1.29, 1.82) is 0 Å². The molecule has 0 bridgehead atoms. The molecule has 0 heterocycles. The largest absolute Gasteiger partial charge is 0.389 e. The highest BCUT2D eigenvalue weighted by molar-refractivity contribution is 5.33. The lowest BCUT2D eigenvalue weighted by Gasteiger charge is -2.22. The van der Waals surface area contributed by atoms with E-state index in [0.29, 0.717) is 19.8 Å². The highest BCUT2D eigenvalue weighted by Gasteiger charge is 2.15. The van der Waals surface area contributed by atoms with Crippen LogP contribution in [0.4, 0.5) is 0 Å². The van der Waals surface area contributed by atoms with Crippen LogP contribution in [0.3, 0.4) is 0 Å². The maximum absolute atomic E-state index is 9.98. The highest BCUT2D eigenvalue weighted by atomic mass is 16.5. The second-order valence-corrected chi connectivity index (χ2v) is 5.48. The van der Waals surface area contributed by atoms with Gasteiger partial charge in [-0.1, -0.05) is 60.2 Å². The number of nitrogens with one attached hydrogen (secondary N) is 1.